The Morgan fingerprint density at radius 2 is 2.10 bits per heavy atom. The van der Waals surface area contributed by atoms with Crippen LogP contribution in [0.15, 0.2) is 18.2 Å². The highest BCUT2D eigenvalue weighted by Crippen LogP contribution is 2.24. The number of ether oxygens (including phenoxy) is 2. The minimum absolute atomic E-state index is 0.0810. The van der Waals surface area contributed by atoms with Gasteiger partial charge in [0.25, 0.3) is 5.91 Å². The van der Waals surface area contributed by atoms with Crippen LogP contribution in [0, 0.1) is 6.92 Å². The van der Waals surface area contributed by atoms with Crippen LogP contribution in [0.1, 0.15) is 15.9 Å². The molecule has 2 rings (SSSR count). The van der Waals surface area contributed by atoms with Crippen molar-refractivity contribution in [3.05, 3.63) is 29.3 Å². The number of thioether (sulfide) groups is 1. The molecule has 1 aliphatic rings. The van der Waals surface area contributed by atoms with Crippen molar-refractivity contribution in [1.82, 2.24) is 4.90 Å². The molecule has 0 unspecified atom stereocenters. The molecule has 0 aliphatic carbocycles. The summed E-state index contributed by atoms with van der Waals surface area (Å²) in [6.07, 6.45) is 0. The van der Waals surface area contributed by atoms with Gasteiger partial charge in [-0.15, -0.1) is 11.8 Å². The van der Waals surface area contributed by atoms with Gasteiger partial charge in [-0.05, 0) is 24.6 Å². The van der Waals surface area contributed by atoms with Crippen LogP contribution >= 0.6 is 11.8 Å². The van der Waals surface area contributed by atoms with Crippen molar-refractivity contribution in [3.63, 3.8) is 0 Å². The van der Waals surface area contributed by atoms with Crippen LogP contribution in [-0.2, 0) is 9.53 Å². The van der Waals surface area contributed by atoms with Gasteiger partial charge in [0, 0.05) is 24.4 Å². The summed E-state index contributed by atoms with van der Waals surface area (Å²) in [5.74, 6) is 1.06. The van der Waals surface area contributed by atoms with Crippen LogP contribution in [0.4, 0.5) is 0 Å². The number of carbonyl (C=O) groups excluding carboxylic acids is 2. The van der Waals surface area contributed by atoms with E-state index < -0.39 is 0 Å². The SMILES string of the molecule is COC(=O)[C@H]1CN(C(=O)c2ccc(C)c(OC)c2)CCS1. The largest absolute Gasteiger partial charge is 0.496 e. The summed E-state index contributed by atoms with van der Waals surface area (Å²) in [5, 5.41) is -0.306. The minimum Gasteiger partial charge on any atom is -0.496 e. The fourth-order valence-corrected chi connectivity index (χ4v) is 3.37. The third-order valence-corrected chi connectivity index (χ3v) is 4.63. The molecule has 0 aromatic heterocycles. The number of rotatable bonds is 3. The highest BCUT2D eigenvalue weighted by Gasteiger charge is 2.30. The fourth-order valence-electron chi connectivity index (χ4n) is 2.24. The molecule has 0 N–H and O–H groups in total. The Morgan fingerprint density at radius 3 is 2.76 bits per heavy atom. The summed E-state index contributed by atoms with van der Waals surface area (Å²) in [4.78, 5) is 25.9. The first-order valence-electron chi connectivity index (χ1n) is 6.70. The van der Waals surface area contributed by atoms with Gasteiger partial charge in [0.15, 0.2) is 0 Å². The summed E-state index contributed by atoms with van der Waals surface area (Å²) < 4.78 is 10.0. The lowest BCUT2D eigenvalue weighted by atomic mass is 10.1. The van der Waals surface area contributed by atoms with Gasteiger partial charge in [-0.2, -0.15) is 0 Å². The first kappa shape index (κ1) is 15.7. The number of hydrogen-bond acceptors (Lipinski definition) is 5. The zero-order chi connectivity index (χ0) is 15.4. The molecule has 1 aromatic carbocycles. The highest BCUT2D eigenvalue weighted by molar-refractivity contribution is 8.00. The predicted molar refractivity (Wildman–Crippen MR) is 81.9 cm³/mol. The van der Waals surface area contributed by atoms with E-state index >= 15 is 0 Å². The molecule has 1 aromatic rings. The quantitative estimate of drug-likeness (QED) is 0.796. The van der Waals surface area contributed by atoms with Gasteiger partial charge < -0.3 is 14.4 Å². The molecule has 5 nitrogen and oxygen atoms in total. The van der Waals surface area contributed by atoms with Crippen LogP contribution in [0.2, 0.25) is 0 Å². The number of aryl methyl sites for hydroxylation is 1. The molecule has 1 amide bonds. The van der Waals surface area contributed by atoms with Gasteiger partial charge in [-0.3, -0.25) is 9.59 Å². The molecule has 21 heavy (non-hydrogen) atoms. The van der Waals surface area contributed by atoms with Crippen molar-refractivity contribution in [3.8, 4) is 5.75 Å². The average molecular weight is 309 g/mol. The standard InChI is InChI=1S/C15H19NO4S/c1-10-4-5-11(8-12(10)19-2)14(17)16-6-7-21-13(9-16)15(18)20-3/h4-5,8,13H,6-7,9H2,1-3H3/t13-/m1/s1. The Balaban J connectivity index is 2.14. The van der Waals surface area contributed by atoms with Gasteiger partial charge in [0.1, 0.15) is 11.0 Å². The van der Waals surface area contributed by atoms with E-state index in [4.69, 9.17) is 9.47 Å². The van der Waals surface area contributed by atoms with Crippen molar-refractivity contribution in [2.75, 3.05) is 33.1 Å². The molecule has 1 heterocycles. The summed E-state index contributed by atoms with van der Waals surface area (Å²) in [5.41, 5.74) is 1.56. The number of hydrogen-bond donors (Lipinski definition) is 0. The monoisotopic (exact) mass is 309 g/mol. The van der Waals surface area contributed by atoms with Crippen molar-refractivity contribution >= 4 is 23.6 Å². The number of methoxy groups -OCH3 is 2. The maximum atomic E-state index is 12.5. The lowest BCUT2D eigenvalue weighted by Gasteiger charge is -2.31. The zero-order valence-corrected chi connectivity index (χ0v) is 13.2. The maximum Gasteiger partial charge on any atom is 0.320 e. The average Bonchev–Trinajstić information content (AvgIpc) is 2.54. The Bertz CT molecular complexity index is 546. The number of benzene rings is 1. The number of amides is 1. The van der Waals surface area contributed by atoms with Crippen LogP contribution in [0.3, 0.4) is 0 Å². The molecule has 114 valence electrons. The van der Waals surface area contributed by atoms with Gasteiger partial charge >= 0.3 is 5.97 Å². The van der Waals surface area contributed by atoms with E-state index in [2.05, 4.69) is 0 Å². The van der Waals surface area contributed by atoms with Crippen LogP contribution < -0.4 is 4.74 Å². The fraction of sp³-hybridized carbons (Fsp3) is 0.467. The molecule has 1 saturated heterocycles. The summed E-state index contributed by atoms with van der Waals surface area (Å²) in [7, 11) is 2.95. The van der Waals surface area contributed by atoms with E-state index in [9.17, 15) is 9.59 Å². The molecule has 1 fully saturated rings. The topological polar surface area (TPSA) is 55.8 Å². The third kappa shape index (κ3) is 3.50. The molecule has 1 aliphatic heterocycles. The molecule has 6 heteroatoms. The second-order valence-electron chi connectivity index (χ2n) is 4.82. The second kappa shape index (κ2) is 6.85. The summed E-state index contributed by atoms with van der Waals surface area (Å²) in [6.45, 7) is 2.94. The molecule has 0 bridgehead atoms. The predicted octanol–water partition coefficient (Wildman–Crippen LogP) is 1.73. The van der Waals surface area contributed by atoms with E-state index in [1.54, 1.807) is 24.1 Å². The number of esters is 1. The smallest absolute Gasteiger partial charge is 0.320 e. The van der Waals surface area contributed by atoms with Gasteiger partial charge in [0.2, 0.25) is 0 Å². The normalized spacial score (nSPS) is 18.2. The second-order valence-corrected chi connectivity index (χ2v) is 6.13. The molecule has 1 atom stereocenters. The van der Waals surface area contributed by atoms with Gasteiger partial charge in [0.05, 0.1) is 14.2 Å². The van der Waals surface area contributed by atoms with Crippen molar-refractivity contribution in [2.45, 2.75) is 12.2 Å². The number of carbonyl (C=O) groups is 2. The van der Waals surface area contributed by atoms with Crippen LogP contribution in [-0.4, -0.2) is 55.1 Å². The van der Waals surface area contributed by atoms with Crippen molar-refractivity contribution < 1.29 is 19.1 Å². The molecule has 0 radical (unpaired) electrons. The van der Waals surface area contributed by atoms with E-state index in [0.29, 0.717) is 24.4 Å². The third-order valence-electron chi connectivity index (χ3n) is 3.47. The van der Waals surface area contributed by atoms with E-state index in [0.717, 1.165) is 11.3 Å². The maximum absolute atomic E-state index is 12.5. The van der Waals surface area contributed by atoms with Crippen LogP contribution in [0.25, 0.3) is 0 Å². The molecular weight excluding hydrogens is 290 g/mol. The van der Waals surface area contributed by atoms with Gasteiger partial charge in [-0.25, -0.2) is 0 Å². The zero-order valence-electron chi connectivity index (χ0n) is 12.4. The Hall–Kier alpha value is -1.69. The summed E-state index contributed by atoms with van der Waals surface area (Å²) in [6, 6.07) is 5.39. The lowest BCUT2D eigenvalue weighted by molar-refractivity contribution is -0.140. The van der Waals surface area contributed by atoms with Crippen molar-refractivity contribution in [1.29, 1.82) is 0 Å². The summed E-state index contributed by atoms with van der Waals surface area (Å²) >= 11 is 1.53. The van der Waals surface area contributed by atoms with Crippen LogP contribution in [0.5, 0.6) is 5.75 Å². The minimum atomic E-state index is -0.306. The Kier molecular flexibility index (Phi) is 5.12. The van der Waals surface area contributed by atoms with Crippen molar-refractivity contribution in [2.24, 2.45) is 0 Å². The molecule has 0 spiro atoms. The van der Waals surface area contributed by atoms with E-state index in [-0.39, 0.29) is 17.1 Å². The lowest BCUT2D eigenvalue weighted by Crippen LogP contribution is -2.44. The Labute approximate surface area is 128 Å². The van der Waals surface area contributed by atoms with E-state index in [1.807, 2.05) is 13.0 Å². The molecular formula is C15H19NO4S. The first-order valence-corrected chi connectivity index (χ1v) is 7.75. The first-order chi connectivity index (χ1) is 10.1. The Morgan fingerprint density at radius 1 is 1.33 bits per heavy atom. The van der Waals surface area contributed by atoms with E-state index in [1.165, 1.54) is 18.9 Å². The molecule has 0 saturated carbocycles. The highest BCUT2D eigenvalue weighted by atomic mass is 32.2. The number of nitrogens with zero attached hydrogens (tertiary/aromatic N) is 1. The van der Waals surface area contributed by atoms with Gasteiger partial charge in [-0.1, -0.05) is 6.07 Å².